The topological polar surface area (TPSA) is 93.5 Å². The van der Waals surface area contributed by atoms with E-state index in [1.807, 2.05) is 0 Å². The van der Waals surface area contributed by atoms with Gasteiger partial charge in [0.2, 0.25) is 0 Å². The minimum absolute atomic E-state index is 0.108. The summed E-state index contributed by atoms with van der Waals surface area (Å²) in [5.74, 6) is -1.55. The highest BCUT2D eigenvalue weighted by Crippen LogP contribution is 2.29. The maximum atomic E-state index is 14.4. The van der Waals surface area contributed by atoms with Crippen molar-refractivity contribution in [2.75, 3.05) is 18.8 Å². The first-order valence-corrected chi connectivity index (χ1v) is 8.34. The number of nitrogens with one attached hydrogen (secondary N) is 1. The third kappa shape index (κ3) is 3.72. The van der Waals surface area contributed by atoms with E-state index in [0.717, 1.165) is 0 Å². The predicted molar refractivity (Wildman–Crippen MR) is 98.2 cm³/mol. The molecule has 3 rings (SSSR count). The molecule has 7 heteroatoms. The standard InChI is InChI=1S/C19H20F2N4O/c20-15-6-7-24-10-14(15)11-4-5-17(16(21)8-11)25-9-12-2-1-3-13(18(12)22)19(23)26/h1-5,8-9,14-15,24H,6-7,10,22H2,(H2,23,26)/t14-,15?/m1/s1. The number of carbonyl (C=O) groups excluding carboxylic acids is 1. The number of amides is 1. The Morgan fingerprint density at radius 3 is 2.81 bits per heavy atom. The minimum Gasteiger partial charge on any atom is -0.398 e. The van der Waals surface area contributed by atoms with Crippen LogP contribution in [0.25, 0.3) is 0 Å². The van der Waals surface area contributed by atoms with E-state index in [0.29, 0.717) is 30.6 Å². The highest BCUT2D eigenvalue weighted by molar-refractivity contribution is 6.02. The predicted octanol–water partition coefficient (Wildman–Crippen LogP) is 2.67. The van der Waals surface area contributed by atoms with E-state index in [9.17, 15) is 13.6 Å². The smallest absolute Gasteiger partial charge is 0.250 e. The number of alkyl halides is 1. The van der Waals surface area contributed by atoms with Crippen molar-refractivity contribution in [3.63, 3.8) is 0 Å². The summed E-state index contributed by atoms with van der Waals surface area (Å²) in [7, 11) is 0. The van der Waals surface area contributed by atoms with Gasteiger partial charge in [-0.2, -0.15) is 0 Å². The molecule has 0 aromatic heterocycles. The molecular formula is C19H20F2N4O. The molecule has 0 bridgehead atoms. The second kappa shape index (κ2) is 7.61. The van der Waals surface area contributed by atoms with Gasteiger partial charge < -0.3 is 16.8 Å². The maximum absolute atomic E-state index is 14.4. The van der Waals surface area contributed by atoms with Crippen LogP contribution in [-0.4, -0.2) is 31.4 Å². The van der Waals surface area contributed by atoms with Crippen LogP contribution >= 0.6 is 0 Å². The third-order valence-electron chi connectivity index (χ3n) is 4.55. The molecule has 1 heterocycles. The molecule has 1 amide bonds. The number of nitrogens with zero attached hydrogens (tertiary/aromatic N) is 1. The third-order valence-corrected chi connectivity index (χ3v) is 4.55. The van der Waals surface area contributed by atoms with Crippen molar-refractivity contribution in [3.8, 4) is 0 Å². The summed E-state index contributed by atoms with van der Waals surface area (Å²) in [6.07, 6.45) is 0.808. The molecule has 0 saturated carbocycles. The lowest BCUT2D eigenvalue weighted by Crippen LogP contribution is -2.36. The molecule has 1 aliphatic heterocycles. The average molecular weight is 358 g/mol. The first-order chi connectivity index (χ1) is 12.5. The van der Waals surface area contributed by atoms with Crippen LogP contribution in [0.1, 0.15) is 33.8 Å². The number of benzene rings is 2. The summed E-state index contributed by atoms with van der Waals surface area (Å²) < 4.78 is 28.4. The van der Waals surface area contributed by atoms with Gasteiger partial charge in [0, 0.05) is 24.2 Å². The lowest BCUT2D eigenvalue weighted by Gasteiger charge is -2.27. The SMILES string of the molecule is NC(=O)c1cccc(C=Nc2ccc([C@H]3CNCCC3F)cc2F)c1N. The molecule has 1 unspecified atom stereocenters. The number of piperidine rings is 1. The summed E-state index contributed by atoms with van der Waals surface area (Å²) in [5.41, 5.74) is 12.7. The van der Waals surface area contributed by atoms with Gasteiger partial charge >= 0.3 is 0 Å². The molecule has 1 saturated heterocycles. The number of para-hydroxylation sites is 1. The molecule has 5 N–H and O–H groups in total. The monoisotopic (exact) mass is 358 g/mol. The molecule has 2 aromatic rings. The Kier molecular flexibility index (Phi) is 5.27. The van der Waals surface area contributed by atoms with Crippen LogP contribution in [0.5, 0.6) is 0 Å². The Bertz CT molecular complexity index is 853. The van der Waals surface area contributed by atoms with Gasteiger partial charge in [0.15, 0.2) is 0 Å². The molecule has 0 spiro atoms. The number of primary amides is 1. The largest absolute Gasteiger partial charge is 0.398 e. The van der Waals surface area contributed by atoms with Gasteiger partial charge in [-0.05, 0) is 36.7 Å². The lowest BCUT2D eigenvalue weighted by molar-refractivity contribution is 0.100. The van der Waals surface area contributed by atoms with Gasteiger partial charge in [0.25, 0.3) is 5.91 Å². The lowest BCUT2D eigenvalue weighted by atomic mass is 9.90. The summed E-state index contributed by atoms with van der Waals surface area (Å²) in [6.45, 7) is 1.12. The number of aliphatic imine (C=N–C) groups is 1. The van der Waals surface area contributed by atoms with Gasteiger partial charge in [0.1, 0.15) is 12.0 Å². The Labute approximate surface area is 150 Å². The number of hydrogen-bond donors (Lipinski definition) is 3. The van der Waals surface area contributed by atoms with Crippen molar-refractivity contribution in [1.29, 1.82) is 0 Å². The van der Waals surface area contributed by atoms with Crippen LogP contribution in [0.15, 0.2) is 41.4 Å². The fourth-order valence-electron chi connectivity index (χ4n) is 3.06. The molecule has 0 aliphatic carbocycles. The van der Waals surface area contributed by atoms with Crippen LogP contribution in [-0.2, 0) is 0 Å². The Hall–Kier alpha value is -2.80. The maximum Gasteiger partial charge on any atom is 0.250 e. The van der Waals surface area contributed by atoms with E-state index in [2.05, 4.69) is 10.3 Å². The van der Waals surface area contributed by atoms with Crippen molar-refractivity contribution in [3.05, 3.63) is 58.9 Å². The Morgan fingerprint density at radius 2 is 2.12 bits per heavy atom. The highest BCUT2D eigenvalue weighted by atomic mass is 19.1. The van der Waals surface area contributed by atoms with Gasteiger partial charge in [-0.1, -0.05) is 18.2 Å². The number of rotatable bonds is 4. The first kappa shape index (κ1) is 18.0. The van der Waals surface area contributed by atoms with E-state index in [-0.39, 0.29) is 22.9 Å². The minimum atomic E-state index is -0.985. The summed E-state index contributed by atoms with van der Waals surface area (Å²) in [6, 6.07) is 9.30. The van der Waals surface area contributed by atoms with E-state index >= 15 is 0 Å². The van der Waals surface area contributed by atoms with E-state index < -0.39 is 17.9 Å². The van der Waals surface area contributed by atoms with Gasteiger partial charge in [0.05, 0.1) is 16.9 Å². The molecule has 2 atom stereocenters. The van der Waals surface area contributed by atoms with E-state index in [1.54, 1.807) is 18.2 Å². The number of anilines is 1. The number of hydrogen-bond acceptors (Lipinski definition) is 4. The van der Waals surface area contributed by atoms with Crippen LogP contribution in [0, 0.1) is 5.82 Å². The normalized spacial score (nSPS) is 20.4. The van der Waals surface area contributed by atoms with Crippen LogP contribution in [0.4, 0.5) is 20.2 Å². The summed E-state index contributed by atoms with van der Waals surface area (Å²) >= 11 is 0. The zero-order chi connectivity index (χ0) is 18.7. The molecule has 2 aromatic carbocycles. The zero-order valence-electron chi connectivity index (χ0n) is 14.1. The van der Waals surface area contributed by atoms with Gasteiger partial charge in [-0.3, -0.25) is 9.79 Å². The Balaban J connectivity index is 1.84. The molecule has 1 aliphatic rings. The van der Waals surface area contributed by atoms with Crippen molar-refractivity contribution in [2.24, 2.45) is 10.7 Å². The van der Waals surface area contributed by atoms with E-state index in [4.69, 9.17) is 11.5 Å². The quantitative estimate of drug-likeness (QED) is 0.579. The molecule has 136 valence electrons. The van der Waals surface area contributed by atoms with Crippen molar-refractivity contribution >= 4 is 23.5 Å². The number of halogens is 2. The molecule has 0 radical (unpaired) electrons. The molecule has 26 heavy (non-hydrogen) atoms. The van der Waals surface area contributed by atoms with Crippen LogP contribution in [0.2, 0.25) is 0 Å². The first-order valence-electron chi connectivity index (χ1n) is 8.34. The van der Waals surface area contributed by atoms with Crippen LogP contribution < -0.4 is 16.8 Å². The Morgan fingerprint density at radius 1 is 1.31 bits per heavy atom. The number of nitrogen functional groups attached to an aromatic ring is 1. The number of nitrogens with two attached hydrogens (primary N) is 2. The summed E-state index contributed by atoms with van der Waals surface area (Å²) in [4.78, 5) is 15.4. The molecular weight excluding hydrogens is 338 g/mol. The van der Waals surface area contributed by atoms with Crippen LogP contribution in [0.3, 0.4) is 0 Å². The van der Waals surface area contributed by atoms with Crippen molar-refractivity contribution in [1.82, 2.24) is 5.32 Å². The average Bonchev–Trinajstić information content (AvgIpc) is 2.62. The highest BCUT2D eigenvalue weighted by Gasteiger charge is 2.26. The second-order valence-electron chi connectivity index (χ2n) is 6.26. The zero-order valence-corrected chi connectivity index (χ0v) is 14.1. The molecule has 5 nitrogen and oxygen atoms in total. The number of carbonyl (C=O) groups is 1. The van der Waals surface area contributed by atoms with Crippen molar-refractivity contribution < 1.29 is 13.6 Å². The summed E-state index contributed by atoms with van der Waals surface area (Å²) in [5, 5.41) is 3.12. The fourth-order valence-corrected chi connectivity index (χ4v) is 3.06. The van der Waals surface area contributed by atoms with E-state index in [1.165, 1.54) is 24.4 Å². The van der Waals surface area contributed by atoms with Gasteiger partial charge in [-0.25, -0.2) is 8.78 Å². The molecule has 1 fully saturated rings. The second-order valence-corrected chi connectivity index (χ2v) is 6.26. The van der Waals surface area contributed by atoms with Crippen molar-refractivity contribution in [2.45, 2.75) is 18.5 Å². The fraction of sp³-hybridized carbons (Fsp3) is 0.263. The van der Waals surface area contributed by atoms with Gasteiger partial charge in [-0.15, -0.1) is 0 Å².